The number of nitrogens with one attached hydrogen (secondary N) is 1. The molecule has 0 fully saturated rings. The van der Waals surface area contributed by atoms with Gasteiger partial charge in [-0.05, 0) is 45.6 Å². The van der Waals surface area contributed by atoms with Gasteiger partial charge in [-0.15, -0.1) is 0 Å². The maximum Gasteiger partial charge on any atom is 0.407 e. The lowest BCUT2D eigenvalue weighted by Crippen LogP contribution is -2.42. The van der Waals surface area contributed by atoms with E-state index in [9.17, 15) is 9.59 Å². The second kappa shape index (κ2) is 10.9. The van der Waals surface area contributed by atoms with Crippen molar-refractivity contribution in [3.8, 4) is 5.75 Å². The van der Waals surface area contributed by atoms with E-state index in [0.29, 0.717) is 41.8 Å². The summed E-state index contributed by atoms with van der Waals surface area (Å²) >= 11 is 1.44. The molecule has 2 heterocycles. The quantitative estimate of drug-likeness (QED) is 0.463. The van der Waals surface area contributed by atoms with Crippen molar-refractivity contribution >= 4 is 35.3 Å². The monoisotopic (exact) mass is 487 g/mol. The molecule has 1 N–H and O–H groups in total. The van der Waals surface area contributed by atoms with Crippen molar-refractivity contribution in [3.05, 3.63) is 36.0 Å². The van der Waals surface area contributed by atoms with Crippen LogP contribution in [0.1, 0.15) is 44.5 Å². The van der Waals surface area contributed by atoms with E-state index in [1.54, 1.807) is 11.1 Å². The zero-order chi connectivity index (χ0) is 24.9. The highest BCUT2D eigenvalue weighted by Crippen LogP contribution is 2.29. The van der Waals surface area contributed by atoms with E-state index in [1.165, 1.54) is 11.8 Å². The minimum absolute atomic E-state index is 0.124. The predicted molar refractivity (Wildman–Crippen MR) is 134 cm³/mol. The molecule has 0 spiro atoms. The molecule has 2 aromatic rings. The molecule has 184 valence electrons. The summed E-state index contributed by atoms with van der Waals surface area (Å²) in [4.78, 5) is 37.9. The van der Waals surface area contributed by atoms with Crippen molar-refractivity contribution in [1.82, 2.24) is 15.3 Å². The Kier molecular flexibility index (Phi) is 8.24. The second-order valence-corrected chi connectivity index (χ2v) is 9.86. The minimum Gasteiger partial charge on any atom is -0.487 e. The first kappa shape index (κ1) is 25.6. The first-order chi connectivity index (χ1) is 16.1. The van der Waals surface area contributed by atoms with E-state index in [2.05, 4.69) is 15.3 Å². The number of aromatic nitrogens is 2. The zero-order valence-corrected chi connectivity index (χ0v) is 21.4. The van der Waals surface area contributed by atoms with Gasteiger partial charge >= 0.3 is 6.09 Å². The average molecular weight is 488 g/mol. The van der Waals surface area contributed by atoms with Crippen LogP contribution in [0.3, 0.4) is 0 Å². The second-order valence-electron chi connectivity index (χ2n) is 9.09. The number of hydrogen-bond acceptors (Lipinski definition) is 8. The third-order valence-corrected chi connectivity index (χ3v) is 5.75. The number of amides is 2. The van der Waals surface area contributed by atoms with Gasteiger partial charge in [-0.2, -0.15) is 0 Å². The fourth-order valence-electron chi connectivity index (χ4n) is 3.41. The van der Waals surface area contributed by atoms with Crippen LogP contribution in [-0.2, 0) is 4.74 Å². The Labute approximate surface area is 205 Å². The smallest absolute Gasteiger partial charge is 0.407 e. The Morgan fingerprint density at radius 2 is 2.06 bits per heavy atom. The first-order valence-electron chi connectivity index (χ1n) is 11.3. The van der Waals surface area contributed by atoms with Gasteiger partial charge in [-0.25, -0.2) is 14.8 Å². The van der Waals surface area contributed by atoms with Gasteiger partial charge in [0.05, 0.1) is 0 Å². The van der Waals surface area contributed by atoms with Gasteiger partial charge in [-0.1, -0.05) is 24.8 Å². The van der Waals surface area contributed by atoms with E-state index >= 15 is 0 Å². The summed E-state index contributed by atoms with van der Waals surface area (Å²) in [6, 6.07) is 7.39. The largest absolute Gasteiger partial charge is 0.487 e. The lowest BCUT2D eigenvalue weighted by molar-refractivity contribution is 0.0761. The molecule has 3 rings (SSSR count). The molecule has 2 amide bonds. The Hall–Kier alpha value is -3.01. The Morgan fingerprint density at radius 3 is 2.74 bits per heavy atom. The highest BCUT2D eigenvalue weighted by molar-refractivity contribution is 7.98. The number of rotatable bonds is 7. The number of nitrogens with zero attached hydrogens (tertiary/aromatic N) is 4. The number of thioether (sulfide) groups is 1. The molecule has 1 unspecified atom stereocenters. The fraction of sp³-hybridized carbons (Fsp3) is 0.500. The summed E-state index contributed by atoms with van der Waals surface area (Å²) in [5.74, 6) is 1.08. The molecule has 1 aliphatic rings. The number of ether oxygens (including phenoxy) is 2. The van der Waals surface area contributed by atoms with Crippen molar-refractivity contribution in [1.29, 1.82) is 0 Å². The summed E-state index contributed by atoms with van der Waals surface area (Å²) in [5, 5.41) is 3.40. The van der Waals surface area contributed by atoms with Crippen LogP contribution in [0.5, 0.6) is 5.75 Å². The van der Waals surface area contributed by atoms with Crippen LogP contribution < -0.4 is 19.9 Å². The summed E-state index contributed by atoms with van der Waals surface area (Å²) in [7, 11) is 1.92. The molecule has 34 heavy (non-hydrogen) atoms. The van der Waals surface area contributed by atoms with Gasteiger partial charge < -0.3 is 24.6 Å². The van der Waals surface area contributed by atoms with Crippen molar-refractivity contribution in [2.24, 2.45) is 0 Å². The summed E-state index contributed by atoms with van der Waals surface area (Å²) in [6.45, 7) is 8.89. The van der Waals surface area contributed by atoms with Crippen molar-refractivity contribution < 1.29 is 19.1 Å². The van der Waals surface area contributed by atoms with E-state index in [0.717, 1.165) is 5.69 Å². The summed E-state index contributed by atoms with van der Waals surface area (Å²) in [6.07, 6.45) is 3.37. The molecule has 0 aliphatic carbocycles. The normalized spacial score (nSPS) is 14.8. The zero-order valence-electron chi connectivity index (χ0n) is 20.6. The molecule has 0 saturated carbocycles. The fourth-order valence-corrected chi connectivity index (χ4v) is 3.75. The highest BCUT2D eigenvalue weighted by atomic mass is 32.2. The maximum atomic E-state index is 13.4. The predicted octanol–water partition coefficient (Wildman–Crippen LogP) is 3.98. The lowest BCUT2D eigenvalue weighted by atomic mass is 10.1. The maximum absolute atomic E-state index is 13.4. The third kappa shape index (κ3) is 6.53. The SMILES string of the molecule is CCC(COC(=O)NC(C)(C)C)Oc1cccc(N2CCN(C)c3nc(SC)ncc3C2=O)c1. The number of benzene rings is 1. The number of anilines is 2. The minimum atomic E-state index is -0.479. The first-order valence-corrected chi connectivity index (χ1v) is 12.5. The molecule has 1 atom stereocenters. The Morgan fingerprint density at radius 1 is 1.29 bits per heavy atom. The topological polar surface area (TPSA) is 96.9 Å². The van der Waals surface area contributed by atoms with Crippen LogP contribution in [-0.4, -0.2) is 66.6 Å². The molecule has 0 saturated heterocycles. The van der Waals surface area contributed by atoms with E-state index in [-0.39, 0.29) is 24.2 Å². The molecule has 1 aromatic heterocycles. The van der Waals surface area contributed by atoms with E-state index in [1.807, 2.05) is 70.2 Å². The van der Waals surface area contributed by atoms with Crippen LogP contribution in [0.4, 0.5) is 16.3 Å². The van der Waals surface area contributed by atoms with Crippen LogP contribution in [0.2, 0.25) is 0 Å². The van der Waals surface area contributed by atoms with Crippen molar-refractivity contribution in [3.63, 3.8) is 0 Å². The number of likely N-dealkylation sites (N-methyl/N-ethyl adjacent to an activating group) is 1. The molecular weight excluding hydrogens is 454 g/mol. The van der Waals surface area contributed by atoms with Gasteiger partial charge in [0.25, 0.3) is 5.91 Å². The van der Waals surface area contributed by atoms with Crippen LogP contribution >= 0.6 is 11.8 Å². The third-order valence-electron chi connectivity index (χ3n) is 5.19. The van der Waals surface area contributed by atoms with Crippen molar-refractivity contribution in [2.45, 2.75) is 50.9 Å². The standard InChI is InChI=1S/C24H33N5O4S/c1-7-17(15-32-23(31)27-24(2,3)4)33-18-10-8-9-16(13-18)29-12-11-28(5)20-19(21(29)30)14-25-22(26-20)34-6/h8-10,13-14,17H,7,11-12,15H2,1-6H3,(H,27,31). The number of alkyl carbamates (subject to hydrolysis) is 1. The Bertz CT molecular complexity index is 1030. The van der Waals surface area contributed by atoms with Crippen LogP contribution in [0, 0.1) is 0 Å². The van der Waals surface area contributed by atoms with Gasteiger partial charge in [-0.3, -0.25) is 4.79 Å². The van der Waals surface area contributed by atoms with E-state index in [4.69, 9.17) is 9.47 Å². The molecule has 10 heteroatoms. The molecule has 1 aliphatic heterocycles. The van der Waals surface area contributed by atoms with Gasteiger partial charge in [0.15, 0.2) is 5.16 Å². The lowest BCUT2D eigenvalue weighted by Gasteiger charge is -2.24. The van der Waals surface area contributed by atoms with Crippen LogP contribution in [0.25, 0.3) is 0 Å². The Balaban J connectivity index is 1.74. The van der Waals surface area contributed by atoms with Crippen molar-refractivity contribution in [2.75, 3.05) is 42.8 Å². The summed E-state index contributed by atoms with van der Waals surface area (Å²) in [5.41, 5.74) is 0.815. The number of fused-ring (bicyclic) bond motifs is 1. The molecule has 1 aromatic carbocycles. The molecule has 0 radical (unpaired) electrons. The van der Waals surface area contributed by atoms with Gasteiger partial charge in [0.1, 0.15) is 29.8 Å². The van der Waals surface area contributed by atoms with E-state index < -0.39 is 6.09 Å². The molecule has 9 nitrogen and oxygen atoms in total. The number of carbonyl (C=O) groups is 2. The number of hydrogen-bond donors (Lipinski definition) is 1. The van der Waals surface area contributed by atoms with Gasteiger partial charge in [0, 0.05) is 43.6 Å². The highest BCUT2D eigenvalue weighted by Gasteiger charge is 2.28. The molecule has 0 bridgehead atoms. The number of carbonyl (C=O) groups excluding carboxylic acids is 2. The summed E-state index contributed by atoms with van der Waals surface area (Å²) < 4.78 is 11.4. The average Bonchev–Trinajstić information content (AvgIpc) is 2.91. The van der Waals surface area contributed by atoms with Gasteiger partial charge in [0.2, 0.25) is 0 Å². The molecular formula is C24H33N5O4S. The van der Waals surface area contributed by atoms with Crippen LogP contribution in [0.15, 0.2) is 35.6 Å².